The summed E-state index contributed by atoms with van der Waals surface area (Å²) >= 11 is 4.87. The van der Waals surface area contributed by atoms with Crippen molar-refractivity contribution < 1.29 is 4.39 Å². The Morgan fingerprint density at radius 2 is 2.00 bits per heavy atom. The fraction of sp³-hybridized carbons (Fsp3) is 0.562. The third-order valence-corrected chi connectivity index (χ3v) is 4.60. The zero-order valence-corrected chi connectivity index (χ0v) is 13.0. The smallest absolute Gasteiger partial charge is 0.128 e. The van der Waals surface area contributed by atoms with E-state index in [1.54, 1.807) is 12.1 Å². The van der Waals surface area contributed by atoms with E-state index in [1.165, 1.54) is 31.7 Å². The molecule has 2 nitrogen and oxygen atoms in total. The van der Waals surface area contributed by atoms with Gasteiger partial charge in [0.2, 0.25) is 0 Å². The van der Waals surface area contributed by atoms with Gasteiger partial charge < -0.3 is 5.73 Å². The molecule has 0 aromatic heterocycles. The Bertz CT molecular complexity index is 481. The molecule has 0 radical (unpaired) electrons. The van der Waals surface area contributed by atoms with Crippen molar-refractivity contribution >= 4 is 17.2 Å². The molecule has 2 rings (SSSR count). The minimum absolute atomic E-state index is 0.216. The second-order valence-corrected chi connectivity index (χ2v) is 6.44. The molecular weight excluding hydrogens is 271 g/mol. The lowest BCUT2D eigenvalue weighted by Crippen LogP contribution is -2.34. The highest BCUT2D eigenvalue weighted by Crippen LogP contribution is 2.27. The average Bonchev–Trinajstić information content (AvgIpc) is 2.41. The Labute approximate surface area is 126 Å². The molecule has 1 aromatic rings. The zero-order valence-electron chi connectivity index (χ0n) is 12.2. The second kappa shape index (κ2) is 6.64. The number of hydrogen-bond acceptors (Lipinski definition) is 2. The summed E-state index contributed by atoms with van der Waals surface area (Å²) in [4.78, 5) is 2.51. The van der Waals surface area contributed by atoms with Crippen molar-refractivity contribution in [3.63, 3.8) is 0 Å². The minimum atomic E-state index is -0.216. The number of halogens is 1. The van der Waals surface area contributed by atoms with Crippen LogP contribution in [-0.2, 0) is 6.54 Å². The van der Waals surface area contributed by atoms with E-state index in [0.717, 1.165) is 5.92 Å². The van der Waals surface area contributed by atoms with Gasteiger partial charge in [0, 0.05) is 23.7 Å². The van der Waals surface area contributed by atoms with Gasteiger partial charge in [-0.2, -0.15) is 0 Å². The monoisotopic (exact) mass is 294 g/mol. The van der Waals surface area contributed by atoms with Crippen molar-refractivity contribution in [2.24, 2.45) is 11.7 Å². The summed E-state index contributed by atoms with van der Waals surface area (Å²) in [6, 6.07) is 5.61. The fourth-order valence-electron chi connectivity index (χ4n) is 2.91. The number of thiocarbonyl (C=S) groups is 1. The van der Waals surface area contributed by atoms with Gasteiger partial charge in [-0.1, -0.05) is 31.3 Å². The largest absolute Gasteiger partial charge is 0.389 e. The van der Waals surface area contributed by atoms with Crippen LogP contribution in [0.2, 0.25) is 0 Å². The molecule has 0 bridgehead atoms. The van der Waals surface area contributed by atoms with Gasteiger partial charge in [0.15, 0.2) is 0 Å². The molecule has 1 aromatic carbocycles. The maximum atomic E-state index is 14.1. The van der Waals surface area contributed by atoms with Crippen LogP contribution in [0, 0.1) is 11.7 Å². The van der Waals surface area contributed by atoms with Crippen molar-refractivity contribution in [1.29, 1.82) is 0 Å². The van der Waals surface area contributed by atoms with E-state index in [0.29, 0.717) is 23.7 Å². The third kappa shape index (κ3) is 3.76. The molecule has 0 heterocycles. The molecule has 20 heavy (non-hydrogen) atoms. The van der Waals surface area contributed by atoms with Gasteiger partial charge in [0.25, 0.3) is 0 Å². The first-order valence-electron chi connectivity index (χ1n) is 7.26. The quantitative estimate of drug-likeness (QED) is 0.862. The average molecular weight is 294 g/mol. The van der Waals surface area contributed by atoms with Gasteiger partial charge in [-0.3, -0.25) is 4.90 Å². The van der Waals surface area contributed by atoms with E-state index in [9.17, 15) is 4.39 Å². The first-order chi connectivity index (χ1) is 9.47. The van der Waals surface area contributed by atoms with E-state index < -0.39 is 0 Å². The highest BCUT2D eigenvalue weighted by atomic mass is 32.1. The normalized spacial score (nSPS) is 23.0. The van der Waals surface area contributed by atoms with Gasteiger partial charge in [-0.25, -0.2) is 4.39 Å². The molecule has 4 heteroatoms. The van der Waals surface area contributed by atoms with Crippen LogP contribution in [-0.4, -0.2) is 23.0 Å². The summed E-state index contributed by atoms with van der Waals surface area (Å²) in [7, 11) is 2.08. The predicted octanol–water partition coefficient (Wildman–Crippen LogP) is 3.47. The molecule has 1 aliphatic rings. The Morgan fingerprint density at radius 1 is 1.35 bits per heavy atom. The Balaban J connectivity index is 2.00. The Hall–Kier alpha value is -1.00. The van der Waals surface area contributed by atoms with Crippen molar-refractivity contribution in [2.75, 3.05) is 7.05 Å². The number of nitrogens with zero attached hydrogens (tertiary/aromatic N) is 1. The fourth-order valence-corrected chi connectivity index (χ4v) is 3.04. The molecule has 110 valence electrons. The molecule has 0 saturated heterocycles. The molecule has 0 unspecified atom stereocenters. The summed E-state index contributed by atoms with van der Waals surface area (Å²) in [6.07, 6.45) is 4.98. The van der Waals surface area contributed by atoms with Crippen LogP contribution in [0.15, 0.2) is 18.2 Å². The molecule has 0 atom stereocenters. The molecule has 0 aliphatic heterocycles. The second-order valence-electron chi connectivity index (χ2n) is 6.00. The summed E-state index contributed by atoms with van der Waals surface area (Å²) in [5.41, 5.74) is 6.83. The molecule has 1 aliphatic carbocycles. The molecule has 0 amide bonds. The summed E-state index contributed by atoms with van der Waals surface area (Å²) in [5.74, 6) is 0.618. The molecular formula is C16H23FN2S. The lowest BCUT2D eigenvalue weighted by Gasteiger charge is -2.33. The van der Waals surface area contributed by atoms with Crippen molar-refractivity contribution in [3.05, 3.63) is 35.1 Å². The van der Waals surface area contributed by atoms with E-state index in [-0.39, 0.29) is 10.8 Å². The molecule has 1 fully saturated rings. The lowest BCUT2D eigenvalue weighted by atomic mass is 9.86. The van der Waals surface area contributed by atoms with Crippen molar-refractivity contribution in [1.82, 2.24) is 4.90 Å². The number of hydrogen-bond donors (Lipinski definition) is 1. The number of rotatable bonds is 4. The van der Waals surface area contributed by atoms with Crippen molar-refractivity contribution in [2.45, 2.75) is 45.2 Å². The standard InChI is InChI=1S/C16H23FN2S/c1-11-3-7-14(8-4-11)19(2)10-13-6-5-12(16(18)20)9-15(13)17/h5-6,9,11,14H,3-4,7-8,10H2,1-2H3,(H2,18,20). The van der Waals surface area contributed by atoms with Crippen LogP contribution in [0.1, 0.15) is 43.7 Å². The van der Waals surface area contributed by atoms with E-state index in [1.807, 2.05) is 0 Å². The zero-order chi connectivity index (χ0) is 14.7. The summed E-state index contributed by atoms with van der Waals surface area (Å²) in [6.45, 7) is 2.95. The molecule has 2 N–H and O–H groups in total. The Morgan fingerprint density at radius 3 is 2.55 bits per heavy atom. The highest BCUT2D eigenvalue weighted by Gasteiger charge is 2.22. The topological polar surface area (TPSA) is 29.3 Å². The van der Waals surface area contributed by atoms with Crippen LogP contribution in [0.25, 0.3) is 0 Å². The van der Waals surface area contributed by atoms with Crippen LogP contribution in [0.5, 0.6) is 0 Å². The number of benzene rings is 1. The molecule has 0 spiro atoms. The van der Waals surface area contributed by atoms with E-state index in [4.69, 9.17) is 18.0 Å². The van der Waals surface area contributed by atoms with E-state index in [2.05, 4.69) is 18.9 Å². The summed E-state index contributed by atoms with van der Waals surface area (Å²) in [5, 5.41) is 0. The SMILES string of the molecule is CC1CCC(N(C)Cc2ccc(C(N)=S)cc2F)CC1. The van der Waals surface area contributed by atoms with E-state index >= 15 is 0 Å². The van der Waals surface area contributed by atoms with Crippen LogP contribution in [0.3, 0.4) is 0 Å². The maximum Gasteiger partial charge on any atom is 0.128 e. The first-order valence-corrected chi connectivity index (χ1v) is 7.66. The van der Waals surface area contributed by atoms with Crippen LogP contribution in [0.4, 0.5) is 4.39 Å². The van der Waals surface area contributed by atoms with Crippen LogP contribution >= 0.6 is 12.2 Å². The summed E-state index contributed by atoms with van der Waals surface area (Å²) < 4.78 is 14.1. The first kappa shape index (κ1) is 15.4. The minimum Gasteiger partial charge on any atom is -0.389 e. The van der Waals surface area contributed by atoms with Gasteiger partial charge in [0.1, 0.15) is 10.8 Å². The van der Waals surface area contributed by atoms with Gasteiger partial charge >= 0.3 is 0 Å². The third-order valence-electron chi connectivity index (χ3n) is 4.37. The Kier molecular flexibility index (Phi) is 5.11. The predicted molar refractivity (Wildman–Crippen MR) is 85.2 cm³/mol. The maximum absolute atomic E-state index is 14.1. The van der Waals surface area contributed by atoms with Crippen LogP contribution < -0.4 is 5.73 Å². The number of nitrogens with two attached hydrogens (primary N) is 1. The van der Waals surface area contributed by atoms with Gasteiger partial charge in [-0.05, 0) is 44.7 Å². The highest BCUT2D eigenvalue weighted by molar-refractivity contribution is 7.80. The van der Waals surface area contributed by atoms with Gasteiger partial charge in [0.05, 0.1) is 0 Å². The van der Waals surface area contributed by atoms with Crippen molar-refractivity contribution in [3.8, 4) is 0 Å². The molecule has 1 saturated carbocycles. The van der Waals surface area contributed by atoms with Gasteiger partial charge in [-0.15, -0.1) is 0 Å². The lowest BCUT2D eigenvalue weighted by molar-refractivity contribution is 0.162.